The Morgan fingerprint density at radius 2 is 2.00 bits per heavy atom. The molecule has 14 heavy (non-hydrogen) atoms. The lowest BCUT2D eigenvalue weighted by Gasteiger charge is -2.38. The predicted molar refractivity (Wildman–Crippen MR) is 44.3 cm³/mol. The van der Waals surface area contributed by atoms with Gasteiger partial charge < -0.3 is 24.8 Å². The summed E-state index contributed by atoms with van der Waals surface area (Å²) in [5, 5.41) is 27.3. The van der Waals surface area contributed by atoms with Crippen LogP contribution in [0.25, 0.3) is 0 Å². The molecule has 0 saturated carbocycles. The molecular weight excluding hydrogens is 194 g/mol. The second kappa shape index (κ2) is 4.99. The number of aliphatic hydroxyl groups is 3. The van der Waals surface area contributed by atoms with E-state index in [9.17, 15) is 14.6 Å². The SMILES string of the molecule is CCOC1O[C@H](CO)[C@H](O)[C@H]([18F])[C@H]1O. The Balaban J connectivity index is 2.63. The van der Waals surface area contributed by atoms with Crippen LogP contribution in [0.3, 0.4) is 0 Å². The maximum atomic E-state index is 13.2. The Kier molecular flexibility index (Phi) is 4.21. The summed E-state index contributed by atoms with van der Waals surface area (Å²) in [5.41, 5.74) is 0. The first kappa shape index (κ1) is 11.8. The Morgan fingerprint density at radius 1 is 1.36 bits per heavy atom. The molecule has 0 amide bonds. The van der Waals surface area contributed by atoms with Crippen molar-refractivity contribution in [3.63, 3.8) is 0 Å². The number of rotatable bonds is 3. The summed E-state index contributed by atoms with van der Waals surface area (Å²) in [4.78, 5) is 0. The van der Waals surface area contributed by atoms with Crippen molar-refractivity contribution in [2.24, 2.45) is 0 Å². The zero-order chi connectivity index (χ0) is 10.7. The van der Waals surface area contributed by atoms with Gasteiger partial charge in [-0.15, -0.1) is 0 Å². The quantitative estimate of drug-likeness (QED) is 0.544. The molecule has 1 fully saturated rings. The van der Waals surface area contributed by atoms with Crippen molar-refractivity contribution in [3.8, 4) is 0 Å². The van der Waals surface area contributed by atoms with Gasteiger partial charge in [-0.2, -0.15) is 0 Å². The average Bonchev–Trinajstić information content (AvgIpc) is 2.19. The highest BCUT2D eigenvalue weighted by Gasteiger charge is 2.45. The van der Waals surface area contributed by atoms with E-state index in [0.29, 0.717) is 0 Å². The van der Waals surface area contributed by atoms with Gasteiger partial charge in [0.15, 0.2) is 12.5 Å². The highest BCUT2D eigenvalue weighted by Crippen LogP contribution is 2.23. The van der Waals surface area contributed by atoms with Crippen molar-refractivity contribution in [3.05, 3.63) is 0 Å². The molecule has 84 valence electrons. The van der Waals surface area contributed by atoms with E-state index in [0.717, 1.165) is 0 Å². The van der Waals surface area contributed by atoms with Crippen LogP contribution in [0.2, 0.25) is 0 Å². The predicted octanol–water partition coefficient (Wildman–Crippen LogP) is -1.20. The van der Waals surface area contributed by atoms with Crippen LogP contribution < -0.4 is 0 Å². The summed E-state index contributed by atoms with van der Waals surface area (Å²) >= 11 is 0. The number of aliphatic hydroxyl groups excluding tert-OH is 3. The van der Waals surface area contributed by atoms with Crippen LogP contribution >= 0.6 is 0 Å². The molecule has 1 rings (SSSR count). The second-order valence-electron chi connectivity index (χ2n) is 3.11. The summed E-state index contributed by atoms with van der Waals surface area (Å²) in [6.07, 6.45) is -7.09. The molecule has 1 aliphatic rings. The van der Waals surface area contributed by atoms with Crippen LogP contribution in [0.5, 0.6) is 0 Å². The smallest absolute Gasteiger partial charge is 0.186 e. The molecule has 0 aromatic rings. The topological polar surface area (TPSA) is 79.2 Å². The molecule has 5 atom stereocenters. The van der Waals surface area contributed by atoms with E-state index in [4.69, 9.17) is 14.6 Å². The molecule has 5 nitrogen and oxygen atoms in total. The van der Waals surface area contributed by atoms with Gasteiger partial charge in [0, 0.05) is 6.61 Å². The van der Waals surface area contributed by atoms with Crippen molar-refractivity contribution < 1.29 is 29.2 Å². The summed E-state index contributed by atoms with van der Waals surface area (Å²) in [7, 11) is 0. The molecule has 6 heteroatoms. The van der Waals surface area contributed by atoms with Crippen LogP contribution in [0.15, 0.2) is 0 Å². The van der Waals surface area contributed by atoms with E-state index in [1.54, 1.807) is 6.92 Å². The third-order valence-corrected chi connectivity index (χ3v) is 2.13. The van der Waals surface area contributed by atoms with Gasteiger partial charge in [-0.05, 0) is 6.92 Å². The lowest BCUT2D eigenvalue weighted by Crippen LogP contribution is -2.57. The van der Waals surface area contributed by atoms with Crippen LogP contribution in [0.1, 0.15) is 6.92 Å². The Hall–Kier alpha value is -0.270. The van der Waals surface area contributed by atoms with Gasteiger partial charge in [-0.3, -0.25) is 0 Å². The van der Waals surface area contributed by atoms with Gasteiger partial charge in [0.05, 0.1) is 6.61 Å². The number of halogens is 1. The Bertz CT molecular complexity index is 175. The summed E-state index contributed by atoms with van der Waals surface area (Å²) in [6, 6.07) is 0. The van der Waals surface area contributed by atoms with Gasteiger partial charge in [0.2, 0.25) is 0 Å². The minimum atomic E-state index is -1.86. The van der Waals surface area contributed by atoms with Gasteiger partial charge in [0.25, 0.3) is 0 Å². The van der Waals surface area contributed by atoms with Crippen molar-refractivity contribution in [1.29, 1.82) is 0 Å². The molecule has 0 bridgehead atoms. The maximum Gasteiger partial charge on any atom is 0.186 e. The number of hydrogen-bond donors (Lipinski definition) is 3. The third kappa shape index (κ3) is 2.21. The van der Waals surface area contributed by atoms with Gasteiger partial charge in [0.1, 0.15) is 18.3 Å². The fourth-order valence-corrected chi connectivity index (χ4v) is 1.34. The fourth-order valence-electron chi connectivity index (χ4n) is 1.34. The summed E-state index contributed by atoms with van der Waals surface area (Å²) in [5.74, 6) is 0. The highest BCUT2D eigenvalue weighted by atomic mass is 18.2. The van der Waals surface area contributed by atoms with E-state index in [1.165, 1.54) is 0 Å². The second-order valence-corrected chi connectivity index (χ2v) is 3.11. The van der Waals surface area contributed by atoms with Crippen molar-refractivity contribution in [2.75, 3.05) is 13.2 Å². The zero-order valence-electron chi connectivity index (χ0n) is 7.84. The van der Waals surface area contributed by atoms with Crippen molar-refractivity contribution in [1.82, 2.24) is 0 Å². The van der Waals surface area contributed by atoms with Crippen molar-refractivity contribution >= 4 is 0 Å². The van der Waals surface area contributed by atoms with E-state index in [2.05, 4.69) is 0 Å². The first-order valence-corrected chi connectivity index (χ1v) is 4.50. The largest absolute Gasteiger partial charge is 0.394 e. The van der Waals surface area contributed by atoms with Crippen molar-refractivity contribution in [2.45, 2.75) is 37.7 Å². The minimum Gasteiger partial charge on any atom is -0.394 e. The molecule has 1 heterocycles. The van der Waals surface area contributed by atoms with E-state index < -0.39 is 37.4 Å². The van der Waals surface area contributed by atoms with Crippen LogP contribution in [0.4, 0.5) is 4.39 Å². The highest BCUT2D eigenvalue weighted by molar-refractivity contribution is 4.89. The zero-order valence-corrected chi connectivity index (χ0v) is 7.84. The molecule has 0 aromatic heterocycles. The molecule has 1 unspecified atom stereocenters. The molecule has 1 aliphatic heterocycles. The average molecular weight is 209 g/mol. The van der Waals surface area contributed by atoms with Gasteiger partial charge >= 0.3 is 0 Å². The molecule has 0 aliphatic carbocycles. The molecule has 0 spiro atoms. The number of ether oxygens (including phenoxy) is 2. The maximum absolute atomic E-state index is 13.2. The molecule has 0 aromatic carbocycles. The molecule has 3 N–H and O–H groups in total. The summed E-state index contributed by atoms with van der Waals surface area (Å²) in [6.45, 7) is 1.41. The first-order chi connectivity index (χ1) is 6.61. The lowest BCUT2D eigenvalue weighted by atomic mass is 10.0. The van der Waals surface area contributed by atoms with E-state index in [-0.39, 0.29) is 6.61 Å². The van der Waals surface area contributed by atoms with Crippen LogP contribution in [0, 0.1) is 0 Å². The Labute approximate surface area is 81.1 Å². The minimum absolute atomic E-state index is 0.253. The standard InChI is InChI=1S/C8H15FO5/c1-2-13-8-7(12)5(9)6(11)4(3-10)14-8/h4-8,10-12H,2-3H2,1H3/t4-,5+,6+,7-,8?/m1/s1/i9-1. The lowest BCUT2D eigenvalue weighted by molar-refractivity contribution is -0.289. The summed E-state index contributed by atoms with van der Waals surface area (Å²) < 4.78 is 23.1. The Morgan fingerprint density at radius 3 is 2.50 bits per heavy atom. The first-order valence-electron chi connectivity index (χ1n) is 4.50. The van der Waals surface area contributed by atoms with Crippen LogP contribution in [-0.4, -0.2) is 59.3 Å². The molecule has 0 radical (unpaired) electrons. The third-order valence-electron chi connectivity index (χ3n) is 2.13. The molecule has 1 saturated heterocycles. The van der Waals surface area contributed by atoms with E-state index >= 15 is 0 Å². The van der Waals surface area contributed by atoms with E-state index in [1.807, 2.05) is 0 Å². The van der Waals surface area contributed by atoms with Crippen LogP contribution in [-0.2, 0) is 9.47 Å². The van der Waals surface area contributed by atoms with Gasteiger partial charge in [-0.1, -0.05) is 0 Å². The number of alkyl halides is 1. The van der Waals surface area contributed by atoms with Gasteiger partial charge in [-0.25, -0.2) is 4.39 Å². The monoisotopic (exact) mass is 209 g/mol. The number of hydrogen-bond acceptors (Lipinski definition) is 5. The normalized spacial score (nSPS) is 43.9. The fraction of sp³-hybridized carbons (Fsp3) is 1.00. The molecular formula is C8H15FO5.